The van der Waals surface area contributed by atoms with Gasteiger partial charge in [-0.3, -0.25) is 29.4 Å². The number of hydrazine groups is 1. The minimum atomic E-state index is -1.18. The lowest BCUT2D eigenvalue weighted by Crippen LogP contribution is -2.56. The number of carbonyl (C=O) groups is 6. The largest absolute Gasteiger partial charge is 0.445 e. The van der Waals surface area contributed by atoms with Crippen molar-refractivity contribution in [3.63, 3.8) is 0 Å². The van der Waals surface area contributed by atoms with Gasteiger partial charge in [-0.2, -0.15) is 0 Å². The van der Waals surface area contributed by atoms with Gasteiger partial charge in [-0.15, -0.1) is 0 Å². The second kappa shape index (κ2) is 14.3. The number of amides is 6. The van der Waals surface area contributed by atoms with Gasteiger partial charge < -0.3 is 26.0 Å². The predicted octanol–water partition coefficient (Wildman–Crippen LogP) is 0.297. The molecule has 5 N–H and O–H groups in total. The zero-order valence-corrected chi connectivity index (χ0v) is 22.7. The van der Waals surface area contributed by atoms with Crippen molar-refractivity contribution in [2.45, 2.75) is 39.0 Å². The molecule has 0 fully saturated rings. The Kier molecular flexibility index (Phi) is 10.6. The van der Waals surface area contributed by atoms with Gasteiger partial charge in [0.2, 0.25) is 11.8 Å². The van der Waals surface area contributed by atoms with E-state index >= 15 is 0 Å². The average molecular weight is 565 g/mol. The summed E-state index contributed by atoms with van der Waals surface area (Å²) in [6.07, 6.45) is 1.81. The first-order valence-corrected chi connectivity index (χ1v) is 12.8. The van der Waals surface area contributed by atoms with Crippen molar-refractivity contribution in [1.29, 1.82) is 0 Å². The van der Waals surface area contributed by atoms with E-state index in [1.165, 1.54) is 18.7 Å². The van der Waals surface area contributed by atoms with Crippen LogP contribution in [0.3, 0.4) is 0 Å². The van der Waals surface area contributed by atoms with E-state index in [4.69, 9.17) is 10.5 Å². The lowest BCUT2D eigenvalue weighted by Gasteiger charge is -2.24. The molecule has 3 rings (SSSR count). The Bertz CT molecular complexity index is 1330. The normalized spacial score (nSPS) is 13.5. The maximum Gasteiger partial charge on any atom is 0.408 e. The highest BCUT2D eigenvalue weighted by atomic mass is 16.5. The summed E-state index contributed by atoms with van der Waals surface area (Å²) in [6, 6.07) is 14.1. The van der Waals surface area contributed by atoms with E-state index < -0.39 is 54.3 Å². The lowest BCUT2D eigenvalue weighted by atomic mass is 10.2. The fourth-order valence-electron chi connectivity index (χ4n) is 3.86. The molecular formula is C28H32N6O7. The van der Waals surface area contributed by atoms with E-state index in [0.717, 1.165) is 29.0 Å². The smallest absolute Gasteiger partial charge is 0.408 e. The van der Waals surface area contributed by atoms with E-state index in [2.05, 4.69) is 16.1 Å². The molecule has 41 heavy (non-hydrogen) atoms. The van der Waals surface area contributed by atoms with E-state index in [9.17, 15) is 28.8 Å². The summed E-state index contributed by atoms with van der Waals surface area (Å²) >= 11 is 0. The summed E-state index contributed by atoms with van der Waals surface area (Å²) in [5.74, 6) is -3.80. The van der Waals surface area contributed by atoms with Gasteiger partial charge >= 0.3 is 6.09 Å². The molecule has 0 bridgehead atoms. The molecular weight excluding hydrogens is 532 g/mol. The van der Waals surface area contributed by atoms with Gasteiger partial charge in [0.25, 0.3) is 17.7 Å². The number of para-hydroxylation sites is 1. The highest BCUT2D eigenvalue weighted by Crippen LogP contribution is 2.27. The van der Waals surface area contributed by atoms with Gasteiger partial charge in [0.1, 0.15) is 25.2 Å². The Labute approximate surface area is 236 Å². The van der Waals surface area contributed by atoms with Crippen molar-refractivity contribution >= 4 is 41.3 Å². The Morgan fingerprint density at radius 2 is 1.59 bits per heavy atom. The monoisotopic (exact) mass is 564 g/mol. The van der Waals surface area contributed by atoms with Crippen LogP contribution in [0, 0.1) is 0 Å². The summed E-state index contributed by atoms with van der Waals surface area (Å²) in [7, 11) is 0. The van der Waals surface area contributed by atoms with E-state index in [0.29, 0.717) is 18.0 Å². The molecule has 2 atom stereocenters. The highest BCUT2D eigenvalue weighted by molar-refractivity contribution is 6.06. The SMILES string of the molecule is CC(NC(=O)OCc1ccccc1)C(=O)NC(C)C(=O)NN(CC(N)=O)C(=O)/C=C/C(=O)N1CCc2ccccc21. The molecule has 216 valence electrons. The molecule has 2 unspecified atom stereocenters. The van der Waals surface area contributed by atoms with Crippen molar-refractivity contribution in [2.24, 2.45) is 5.73 Å². The number of hydrogen-bond donors (Lipinski definition) is 4. The number of carbonyl (C=O) groups excluding carboxylic acids is 6. The third-order valence-corrected chi connectivity index (χ3v) is 6.04. The summed E-state index contributed by atoms with van der Waals surface area (Å²) < 4.78 is 5.08. The van der Waals surface area contributed by atoms with Crippen LogP contribution < -0.4 is 26.7 Å². The topological polar surface area (TPSA) is 180 Å². The van der Waals surface area contributed by atoms with Crippen LogP contribution in [-0.2, 0) is 41.7 Å². The van der Waals surface area contributed by atoms with E-state index in [1.54, 1.807) is 36.4 Å². The highest BCUT2D eigenvalue weighted by Gasteiger charge is 2.26. The Morgan fingerprint density at radius 3 is 2.29 bits per heavy atom. The van der Waals surface area contributed by atoms with Crippen molar-refractivity contribution in [3.8, 4) is 0 Å². The summed E-state index contributed by atoms with van der Waals surface area (Å²) in [6.45, 7) is 2.52. The molecule has 2 aromatic carbocycles. The van der Waals surface area contributed by atoms with Crippen LogP contribution in [0.15, 0.2) is 66.7 Å². The van der Waals surface area contributed by atoms with Crippen molar-refractivity contribution in [3.05, 3.63) is 77.9 Å². The third kappa shape index (κ3) is 8.92. The van der Waals surface area contributed by atoms with Crippen LogP contribution in [0.25, 0.3) is 0 Å². The molecule has 1 heterocycles. The number of rotatable bonds is 10. The van der Waals surface area contributed by atoms with Gasteiger partial charge in [0, 0.05) is 24.4 Å². The summed E-state index contributed by atoms with van der Waals surface area (Å²) in [5.41, 5.74) is 9.95. The predicted molar refractivity (Wildman–Crippen MR) is 148 cm³/mol. The van der Waals surface area contributed by atoms with Gasteiger partial charge in [-0.25, -0.2) is 9.80 Å². The lowest BCUT2D eigenvalue weighted by molar-refractivity contribution is -0.142. The third-order valence-electron chi connectivity index (χ3n) is 6.04. The number of nitrogens with zero attached hydrogens (tertiary/aromatic N) is 2. The standard InChI is InChI=1S/C28H32N6O7/c1-18(31-28(40)41-17-20-8-4-3-5-9-20)26(38)30-19(2)27(39)32-34(16-23(29)35)25(37)13-12-24(36)33-15-14-21-10-6-7-11-22(21)33/h3-13,18-19H,14-17H2,1-2H3,(H2,29,35)(H,30,38)(H,31,40)(H,32,39)/b13-12+. The number of ether oxygens (including phenoxy) is 1. The molecule has 1 aliphatic heterocycles. The second-order valence-corrected chi connectivity index (χ2v) is 9.23. The zero-order chi connectivity index (χ0) is 29.9. The van der Waals surface area contributed by atoms with Crippen LogP contribution >= 0.6 is 0 Å². The minimum absolute atomic E-state index is 0.00884. The summed E-state index contributed by atoms with van der Waals surface area (Å²) in [5, 5.41) is 5.40. The number of nitrogens with one attached hydrogen (secondary N) is 3. The Hall–Kier alpha value is -5.20. The zero-order valence-electron chi connectivity index (χ0n) is 22.7. The molecule has 0 saturated carbocycles. The number of hydrogen-bond acceptors (Lipinski definition) is 7. The molecule has 13 heteroatoms. The van der Waals surface area contributed by atoms with E-state index in [1.807, 2.05) is 18.2 Å². The number of anilines is 1. The number of benzene rings is 2. The Morgan fingerprint density at radius 1 is 0.927 bits per heavy atom. The number of primary amides is 1. The first kappa shape index (κ1) is 30.3. The maximum absolute atomic E-state index is 12.7. The molecule has 0 radical (unpaired) electrons. The fourth-order valence-corrected chi connectivity index (χ4v) is 3.86. The Balaban J connectivity index is 1.51. The van der Waals surface area contributed by atoms with Crippen LogP contribution in [-0.4, -0.2) is 65.8 Å². The van der Waals surface area contributed by atoms with Crippen molar-refractivity contribution in [1.82, 2.24) is 21.1 Å². The quantitative estimate of drug-likeness (QED) is 0.236. The van der Waals surface area contributed by atoms with Gasteiger partial charge in [0.15, 0.2) is 0 Å². The van der Waals surface area contributed by atoms with E-state index in [-0.39, 0.29) is 6.61 Å². The molecule has 13 nitrogen and oxygen atoms in total. The molecule has 0 aliphatic carbocycles. The molecule has 0 spiro atoms. The van der Waals surface area contributed by atoms with Crippen molar-refractivity contribution in [2.75, 3.05) is 18.0 Å². The van der Waals surface area contributed by atoms with Crippen LogP contribution in [0.2, 0.25) is 0 Å². The number of alkyl carbamates (subject to hydrolysis) is 1. The van der Waals surface area contributed by atoms with Crippen LogP contribution in [0.5, 0.6) is 0 Å². The van der Waals surface area contributed by atoms with Gasteiger partial charge in [-0.1, -0.05) is 48.5 Å². The first-order chi connectivity index (χ1) is 19.5. The molecule has 6 amide bonds. The molecule has 0 saturated heterocycles. The minimum Gasteiger partial charge on any atom is -0.445 e. The van der Waals surface area contributed by atoms with Crippen LogP contribution in [0.4, 0.5) is 10.5 Å². The van der Waals surface area contributed by atoms with Gasteiger partial charge in [0.05, 0.1) is 0 Å². The molecule has 2 aromatic rings. The average Bonchev–Trinajstić information content (AvgIpc) is 3.38. The summed E-state index contributed by atoms with van der Waals surface area (Å²) in [4.78, 5) is 75.6. The number of fused-ring (bicyclic) bond motifs is 1. The van der Waals surface area contributed by atoms with Crippen molar-refractivity contribution < 1.29 is 33.5 Å². The second-order valence-electron chi connectivity index (χ2n) is 9.23. The molecule has 1 aliphatic rings. The fraction of sp³-hybridized carbons (Fsp3) is 0.286. The van der Waals surface area contributed by atoms with Gasteiger partial charge in [-0.05, 0) is 37.5 Å². The maximum atomic E-state index is 12.7. The van der Waals surface area contributed by atoms with Crippen LogP contribution in [0.1, 0.15) is 25.0 Å². The number of nitrogens with two attached hydrogens (primary N) is 1. The first-order valence-electron chi connectivity index (χ1n) is 12.8. The molecule has 0 aromatic heterocycles.